The molecule has 3 atom stereocenters. The maximum Gasteiger partial charge on any atom is 0.338 e. The number of imide groups is 1. The van der Waals surface area contributed by atoms with Crippen LogP contribution in [-0.4, -0.2) is 52.7 Å². The average Bonchev–Trinajstić information content (AvgIpc) is 3.52. The van der Waals surface area contributed by atoms with E-state index in [0.717, 1.165) is 28.0 Å². The molecule has 0 spiro atoms. The Morgan fingerprint density at radius 3 is 1.98 bits per heavy atom. The SMILES string of the molecule is CCOC(=O)c1ccc(NC(=O)Cn2c3c(sc2=O)[C@@H](c2ccc(F)cc2)[C@H]2C(=O)N(c4ccc(C(=O)OCC)cc4)C(=O)[C@H]2S3)cc1. The first kappa shape index (κ1) is 32.8. The molecule has 3 heterocycles. The highest BCUT2D eigenvalue weighted by molar-refractivity contribution is 8.00. The maximum absolute atomic E-state index is 14.1. The second-order valence-electron chi connectivity index (χ2n) is 10.8. The highest BCUT2D eigenvalue weighted by atomic mass is 32.2. The van der Waals surface area contributed by atoms with Crippen LogP contribution in [0.4, 0.5) is 15.8 Å². The van der Waals surface area contributed by atoms with Crippen molar-refractivity contribution in [1.29, 1.82) is 0 Å². The molecule has 2 aliphatic heterocycles. The third-order valence-corrected chi connectivity index (χ3v) is 10.5. The first-order valence-corrected chi connectivity index (χ1v) is 16.7. The third kappa shape index (κ3) is 6.16. The number of anilines is 2. The number of nitrogens with zero attached hydrogens (tertiary/aromatic N) is 2. The van der Waals surface area contributed by atoms with Crippen molar-refractivity contribution in [3.05, 3.63) is 110 Å². The van der Waals surface area contributed by atoms with Crippen LogP contribution in [0.25, 0.3) is 0 Å². The Bertz CT molecular complexity index is 1970. The summed E-state index contributed by atoms with van der Waals surface area (Å²) in [6.07, 6.45) is 0. The number of hydrogen-bond donors (Lipinski definition) is 1. The van der Waals surface area contributed by atoms with E-state index >= 15 is 0 Å². The summed E-state index contributed by atoms with van der Waals surface area (Å²) in [5.74, 6) is -4.78. The van der Waals surface area contributed by atoms with Crippen LogP contribution in [0.5, 0.6) is 0 Å². The van der Waals surface area contributed by atoms with E-state index < -0.39 is 57.4 Å². The first-order chi connectivity index (χ1) is 23.1. The number of amides is 3. The quantitative estimate of drug-likeness (QED) is 0.193. The number of thioether (sulfide) groups is 1. The minimum atomic E-state index is -0.955. The van der Waals surface area contributed by atoms with Crippen LogP contribution < -0.4 is 15.1 Å². The van der Waals surface area contributed by atoms with E-state index in [0.29, 0.717) is 26.7 Å². The van der Waals surface area contributed by atoms with E-state index in [-0.39, 0.29) is 31.0 Å². The molecule has 1 fully saturated rings. The molecule has 0 bridgehead atoms. The smallest absolute Gasteiger partial charge is 0.338 e. The van der Waals surface area contributed by atoms with Crippen LogP contribution in [0.3, 0.4) is 0 Å². The summed E-state index contributed by atoms with van der Waals surface area (Å²) in [4.78, 5) is 79.7. The zero-order chi connectivity index (χ0) is 34.1. The monoisotopic (exact) mass is 689 g/mol. The van der Waals surface area contributed by atoms with Gasteiger partial charge in [-0.1, -0.05) is 35.2 Å². The molecular formula is C34H28FN3O8S2. The molecule has 0 aliphatic carbocycles. The zero-order valence-electron chi connectivity index (χ0n) is 25.6. The highest BCUT2D eigenvalue weighted by Gasteiger charge is 2.56. The van der Waals surface area contributed by atoms with Gasteiger partial charge in [0.2, 0.25) is 17.7 Å². The lowest BCUT2D eigenvalue weighted by Crippen LogP contribution is -2.33. The van der Waals surface area contributed by atoms with Gasteiger partial charge in [0.15, 0.2) is 0 Å². The summed E-state index contributed by atoms with van der Waals surface area (Å²) in [6.45, 7) is 3.41. The summed E-state index contributed by atoms with van der Waals surface area (Å²) in [6, 6.07) is 17.6. The van der Waals surface area contributed by atoms with Crippen molar-refractivity contribution in [1.82, 2.24) is 4.57 Å². The molecule has 14 heteroatoms. The minimum Gasteiger partial charge on any atom is -0.462 e. The molecule has 1 N–H and O–H groups in total. The number of carbonyl (C=O) groups excluding carboxylic acids is 5. The first-order valence-electron chi connectivity index (χ1n) is 15.0. The average molecular weight is 690 g/mol. The van der Waals surface area contributed by atoms with Crippen LogP contribution >= 0.6 is 23.1 Å². The van der Waals surface area contributed by atoms with Crippen LogP contribution in [0.1, 0.15) is 50.9 Å². The van der Waals surface area contributed by atoms with Gasteiger partial charge in [-0.05, 0) is 80.1 Å². The molecule has 0 unspecified atom stereocenters. The summed E-state index contributed by atoms with van der Waals surface area (Å²) in [7, 11) is 0. The molecule has 48 heavy (non-hydrogen) atoms. The van der Waals surface area contributed by atoms with Gasteiger partial charge < -0.3 is 14.8 Å². The van der Waals surface area contributed by atoms with E-state index in [4.69, 9.17) is 9.47 Å². The fourth-order valence-electron chi connectivity index (χ4n) is 5.75. The number of nitrogens with one attached hydrogen (secondary N) is 1. The molecule has 6 rings (SSSR count). The Labute approximate surface area is 281 Å². The van der Waals surface area contributed by atoms with Gasteiger partial charge in [0, 0.05) is 16.5 Å². The Morgan fingerprint density at radius 2 is 1.40 bits per heavy atom. The van der Waals surface area contributed by atoms with Gasteiger partial charge in [0.25, 0.3) is 0 Å². The Hall–Kier alpha value is -5.08. The second-order valence-corrected chi connectivity index (χ2v) is 13.0. The number of fused-ring (bicyclic) bond motifs is 2. The largest absolute Gasteiger partial charge is 0.462 e. The normalized spacial score (nSPS) is 18.2. The number of rotatable bonds is 9. The van der Waals surface area contributed by atoms with E-state index in [9.17, 15) is 33.2 Å². The van der Waals surface area contributed by atoms with Crippen LogP contribution in [0.15, 0.2) is 82.6 Å². The van der Waals surface area contributed by atoms with Gasteiger partial charge in [-0.25, -0.2) is 18.9 Å². The van der Waals surface area contributed by atoms with Crippen molar-refractivity contribution < 1.29 is 37.8 Å². The summed E-state index contributed by atoms with van der Waals surface area (Å²) in [5, 5.41) is 2.13. The van der Waals surface area contributed by atoms with E-state index in [2.05, 4.69) is 5.32 Å². The number of thiazole rings is 1. The van der Waals surface area contributed by atoms with Crippen molar-refractivity contribution in [2.45, 2.75) is 36.6 Å². The molecule has 1 aromatic heterocycles. The molecule has 1 saturated heterocycles. The lowest BCUT2D eigenvalue weighted by atomic mass is 9.83. The predicted octanol–water partition coefficient (Wildman–Crippen LogP) is 4.84. The van der Waals surface area contributed by atoms with Gasteiger partial charge >= 0.3 is 16.8 Å². The number of ether oxygens (including phenoxy) is 2. The number of carbonyl (C=O) groups is 5. The summed E-state index contributed by atoms with van der Waals surface area (Å²) < 4.78 is 25.3. The number of hydrogen-bond acceptors (Lipinski definition) is 10. The third-order valence-electron chi connectivity index (χ3n) is 7.90. The van der Waals surface area contributed by atoms with E-state index in [1.807, 2.05) is 0 Å². The predicted molar refractivity (Wildman–Crippen MR) is 176 cm³/mol. The van der Waals surface area contributed by atoms with Crippen molar-refractivity contribution >= 4 is 64.1 Å². The Balaban J connectivity index is 1.31. The standard InChI is InChI=1S/C34H28FN3O8S2/c1-3-45-32(42)19-7-13-22(14-8-19)36-24(39)17-37-31-28(48-34(37)44)25(18-5-11-21(35)12-6-18)26-27(47-31)30(41)38(29(26)40)23-15-9-20(10-16-23)33(43)46-4-2/h5-16,25-27H,3-4,17H2,1-2H3,(H,36,39)/t25-,26+,27-/m0/s1. The van der Waals surface area contributed by atoms with Gasteiger partial charge in [-0.2, -0.15) is 0 Å². The molecular weight excluding hydrogens is 662 g/mol. The van der Waals surface area contributed by atoms with Crippen molar-refractivity contribution in [3.63, 3.8) is 0 Å². The molecule has 0 saturated carbocycles. The number of benzene rings is 3. The maximum atomic E-state index is 14.1. The van der Waals surface area contributed by atoms with Crippen LogP contribution in [0.2, 0.25) is 0 Å². The second kappa shape index (κ2) is 13.6. The minimum absolute atomic E-state index is 0.191. The highest BCUT2D eigenvalue weighted by Crippen LogP contribution is 2.53. The van der Waals surface area contributed by atoms with Crippen molar-refractivity contribution in [2.75, 3.05) is 23.4 Å². The molecule has 4 aromatic rings. The van der Waals surface area contributed by atoms with Crippen molar-refractivity contribution in [2.24, 2.45) is 5.92 Å². The van der Waals surface area contributed by atoms with Crippen LogP contribution in [0, 0.1) is 11.7 Å². The summed E-state index contributed by atoms with van der Waals surface area (Å²) in [5.41, 5.74) is 1.77. The lowest BCUT2D eigenvalue weighted by molar-refractivity contribution is -0.122. The molecule has 3 aromatic carbocycles. The van der Waals surface area contributed by atoms with E-state index in [1.165, 1.54) is 77.4 Å². The molecule has 11 nitrogen and oxygen atoms in total. The lowest BCUT2D eigenvalue weighted by Gasteiger charge is -2.30. The fraction of sp³-hybridized carbons (Fsp3) is 0.235. The van der Waals surface area contributed by atoms with Crippen LogP contribution in [-0.2, 0) is 30.4 Å². The zero-order valence-corrected chi connectivity index (χ0v) is 27.3. The molecule has 2 aliphatic rings. The van der Waals surface area contributed by atoms with Crippen molar-refractivity contribution in [3.8, 4) is 0 Å². The van der Waals surface area contributed by atoms with Gasteiger partial charge in [0.05, 0.1) is 41.0 Å². The Morgan fingerprint density at radius 1 is 0.812 bits per heavy atom. The van der Waals surface area contributed by atoms with Gasteiger partial charge in [-0.15, -0.1) is 0 Å². The molecule has 246 valence electrons. The number of esters is 2. The van der Waals surface area contributed by atoms with Gasteiger partial charge in [-0.3, -0.25) is 23.7 Å². The molecule has 0 radical (unpaired) electrons. The Kier molecular flexibility index (Phi) is 9.29. The number of aromatic nitrogens is 1. The number of halogens is 1. The van der Waals surface area contributed by atoms with Gasteiger partial charge in [0.1, 0.15) is 17.6 Å². The molecule has 3 amide bonds. The topological polar surface area (TPSA) is 141 Å². The summed E-state index contributed by atoms with van der Waals surface area (Å²) >= 11 is 1.91. The fourth-order valence-corrected chi connectivity index (χ4v) is 8.52. The van der Waals surface area contributed by atoms with E-state index in [1.54, 1.807) is 13.8 Å².